The summed E-state index contributed by atoms with van der Waals surface area (Å²) in [6, 6.07) is 12.7. The van der Waals surface area contributed by atoms with Crippen molar-refractivity contribution < 1.29 is 19.1 Å². The third kappa shape index (κ3) is 11.3. The average Bonchev–Trinajstić information content (AvgIpc) is 3.30. The molecule has 0 saturated heterocycles. The topological polar surface area (TPSA) is 130 Å². The summed E-state index contributed by atoms with van der Waals surface area (Å²) in [6.07, 6.45) is 2.04. The fourth-order valence-corrected chi connectivity index (χ4v) is 4.60. The number of carbonyl (C=O) groups excluding carboxylic acids is 3. The van der Waals surface area contributed by atoms with Crippen LogP contribution in [0.25, 0.3) is 11.0 Å². The van der Waals surface area contributed by atoms with Crippen molar-refractivity contribution in [3.63, 3.8) is 0 Å². The number of nitrogens with zero attached hydrogens (tertiary/aromatic N) is 3. The van der Waals surface area contributed by atoms with Crippen LogP contribution < -0.4 is 21.3 Å². The maximum atomic E-state index is 13.8. The van der Waals surface area contributed by atoms with Crippen molar-refractivity contribution in [2.24, 2.45) is 11.8 Å². The first-order valence-corrected chi connectivity index (χ1v) is 15.9. The van der Waals surface area contributed by atoms with Crippen LogP contribution in [-0.4, -0.2) is 64.8 Å². The average molecular weight is 622 g/mol. The second-order valence-electron chi connectivity index (χ2n) is 13.1. The highest BCUT2D eigenvalue weighted by Crippen LogP contribution is 2.26. The van der Waals surface area contributed by atoms with Gasteiger partial charge < -0.3 is 35.5 Å². The number of anilines is 3. The maximum Gasteiger partial charge on any atom is 0.407 e. The molecule has 1 heterocycles. The molecular formula is C34H51N7O4. The van der Waals surface area contributed by atoms with Crippen LogP contribution in [0.2, 0.25) is 0 Å². The van der Waals surface area contributed by atoms with Crippen LogP contribution in [0.5, 0.6) is 0 Å². The van der Waals surface area contributed by atoms with Crippen LogP contribution in [0.15, 0.2) is 42.5 Å². The number of alkyl carbamates (subject to hydrolysis) is 1. The van der Waals surface area contributed by atoms with Crippen molar-refractivity contribution in [2.45, 2.75) is 79.9 Å². The summed E-state index contributed by atoms with van der Waals surface area (Å²) in [5.41, 5.74) is 3.07. The fraction of sp³-hybridized carbons (Fsp3) is 0.529. The van der Waals surface area contributed by atoms with Gasteiger partial charge in [-0.1, -0.05) is 27.7 Å². The number of aromatic nitrogens is 2. The molecule has 3 aromatic rings. The van der Waals surface area contributed by atoms with E-state index in [1.165, 1.54) is 0 Å². The Bertz CT molecular complexity index is 1410. The molecule has 1 aromatic heterocycles. The molecule has 3 rings (SSSR count). The first kappa shape index (κ1) is 35.2. The number of carbonyl (C=O) groups is 3. The lowest BCUT2D eigenvalue weighted by atomic mass is 10.1. The van der Waals surface area contributed by atoms with Crippen molar-refractivity contribution in [3.8, 4) is 0 Å². The predicted molar refractivity (Wildman–Crippen MR) is 181 cm³/mol. The van der Waals surface area contributed by atoms with Gasteiger partial charge in [-0.05, 0) is 94.3 Å². The van der Waals surface area contributed by atoms with E-state index < -0.39 is 11.7 Å². The van der Waals surface area contributed by atoms with Gasteiger partial charge in [0.05, 0.1) is 11.0 Å². The summed E-state index contributed by atoms with van der Waals surface area (Å²) in [7, 11) is 1.56. The molecule has 0 atom stereocenters. The van der Waals surface area contributed by atoms with Crippen LogP contribution in [0.1, 0.15) is 78.1 Å². The molecule has 0 aliphatic rings. The Morgan fingerprint density at radius 1 is 0.933 bits per heavy atom. The third-order valence-electron chi connectivity index (χ3n) is 7.09. The van der Waals surface area contributed by atoms with Gasteiger partial charge in [-0.3, -0.25) is 4.79 Å². The van der Waals surface area contributed by atoms with Crippen molar-refractivity contribution in [1.29, 1.82) is 0 Å². The van der Waals surface area contributed by atoms with Gasteiger partial charge in [0.2, 0.25) is 5.95 Å². The third-order valence-corrected chi connectivity index (χ3v) is 7.09. The predicted octanol–water partition coefficient (Wildman–Crippen LogP) is 6.98. The summed E-state index contributed by atoms with van der Waals surface area (Å²) in [6.45, 7) is 16.6. The van der Waals surface area contributed by atoms with Crippen molar-refractivity contribution in [1.82, 2.24) is 25.1 Å². The van der Waals surface area contributed by atoms with Crippen molar-refractivity contribution in [3.05, 3.63) is 48.0 Å². The van der Waals surface area contributed by atoms with Gasteiger partial charge in [0.25, 0.3) is 5.91 Å². The van der Waals surface area contributed by atoms with Crippen LogP contribution >= 0.6 is 0 Å². The zero-order valence-corrected chi connectivity index (χ0v) is 28.1. The molecule has 4 amide bonds. The zero-order valence-electron chi connectivity index (χ0n) is 28.1. The van der Waals surface area contributed by atoms with E-state index in [0.717, 1.165) is 29.6 Å². The standard InChI is InChI=1S/C34H51N7O4/c1-23(2)16-20-40(21-17-24(3)4)30(42)25-10-15-28-29(22-25)41(19-9-18-36-33(44)45-34(5,6)7)31(39-28)37-26-11-13-27(14-12-26)38-32(43)35-8/h10-15,22-24H,9,16-21H2,1-8H3,(H,36,44)(H,37,39)(H2,35,38,43). The van der Waals surface area contributed by atoms with E-state index >= 15 is 0 Å². The molecular weight excluding hydrogens is 570 g/mol. The molecule has 246 valence electrons. The normalized spacial score (nSPS) is 11.5. The van der Waals surface area contributed by atoms with Crippen LogP contribution in [-0.2, 0) is 11.3 Å². The molecule has 0 spiro atoms. The Kier molecular flexibility index (Phi) is 12.6. The molecule has 0 radical (unpaired) electrons. The van der Waals surface area contributed by atoms with Gasteiger partial charge in [-0.25, -0.2) is 14.6 Å². The number of imidazole rings is 1. The molecule has 0 fully saturated rings. The lowest BCUT2D eigenvalue weighted by molar-refractivity contribution is 0.0526. The molecule has 45 heavy (non-hydrogen) atoms. The minimum Gasteiger partial charge on any atom is -0.444 e. The first-order chi connectivity index (χ1) is 21.3. The smallest absolute Gasteiger partial charge is 0.407 e. The van der Waals surface area contributed by atoms with Gasteiger partial charge in [0, 0.05) is 50.2 Å². The van der Waals surface area contributed by atoms with Gasteiger partial charge in [-0.15, -0.1) is 0 Å². The van der Waals surface area contributed by atoms with Gasteiger partial charge in [0.1, 0.15) is 5.60 Å². The van der Waals surface area contributed by atoms with Crippen molar-refractivity contribution in [2.75, 3.05) is 37.3 Å². The molecule has 11 nitrogen and oxygen atoms in total. The molecule has 0 aliphatic carbocycles. The Labute approximate surface area is 267 Å². The second-order valence-corrected chi connectivity index (χ2v) is 13.1. The quantitative estimate of drug-likeness (QED) is 0.144. The number of nitrogens with one attached hydrogen (secondary N) is 4. The lowest BCUT2D eigenvalue weighted by Gasteiger charge is -2.24. The summed E-state index contributed by atoms with van der Waals surface area (Å²) in [4.78, 5) is 44.5. The minimum absolute atomic E-state index is 0.0197. The van der Waals surface area contributed by atoms with Crippen LogP contribution in [0, 0.1) is 11.8 Å². The SMILES string of the molecule is CNC(=O)Nc1ccc(Nc2nc3ccc(C(=O)N(CCC(C)C)CCC(C)C)cc3n2CCCNC(=O)OC(C)(C)C)cc1. The number of amides is 4. The maximum absolute atomic E-state index is 13.8. The summed E-state index contributed by atoms with van der Waals surface area (Å²) >= 11 is 0. The highest BCUT2D eigenvalue weighted by Gasteiger charge is 2.20. The number of hydrogen-bond donors (Lipinski definition) is 4. The van der Waals surface area contributed by atoms with Gasteiger partial charge in [-0.2, -0.15) is 0 Å². The fourth-order valence-electron chi connectivity index (χ4n) is 4.60. The molecule has 0 aliphatic heterocycles. The summed E-state index contributed by atoms with van der Waals surface area (Å²) in [5, 5.41) is 11.5. The minimum atomic E-state index is -0.575. The molecule has 0 bridgehead atoms. The van der Waals surface area contributed by atoms with E-state index in [1.54, 1.807) is 19.2 Å². The Morgan fingerprint density at radius 3 is 2.13 bits per heavy atom. The van der Waals surface area contributed by atoms with E-state index in [0.29, 0.717) is 61.6 Å². The van der Waals surface area contributed by atoms with Gasteiger partial charge in [0.15, 0.2) is 0 Å². The molecule has 4 N–H and O–H groups in total. The molecule has 0 unspecified atom stereocenters. The zero-order chi connectivity index (χ0) is 33.1. The van der Waals surface area contributed by atoms with E-state index in [9.17, 15) is 14.4 Å². The summed E-state index contributed by atoms with van der Waals surface area (Å²) in [5.74, 6) is 1.63. The highest BCUT2D eigenvalue weighted by atomic mass is 16.6. The number of aryl methyl sites for hydroxylation is 1. The van der Waals surface area contributed by atoms with Gasteiger partial charge >= 0.3 is 12.1 Å². The first-order valence-electron chi connectivity index (χ1n) is 15.9. The number of urea groups is 1. The van der Waals surface area contributed by atoms with Crippen LogP contribution in [0.3, 0.4) is 0 Å². The Balaban J connectivity index is 1.89. The number of ether oxygens (including phenoxy) is 1. The Hall–Kier alpha value is -4.28. The van der Waals surface area contributed by atoms with E-state index in [4.69, 9.17) is 9.72 Å². The molecule has 2 aromatic carbocycles. The monoisotopic (exact) mass is 621 g/mol. The van der Waals surface area contributed by atoms with Crippen molar-refractivity contribution >= 4 is 46.4 Å². The Morgan fingerprint density at radius 2 is 1.56 bits per heavy atom. The summed E-state index contributed by atoms with van der Waals surface area (Å²) < 4.78 is 7.40. The number of fused-ring (bicyclic) bond motifs is 1. The second kappa shape index (κ2) is 16.2. The number of benzene rings is 2. The number of rotatable bonds is 14. The van der Waals surface area contributed by atoms with E-state index in [2.05, 4.69) is 49.0 Å². The molecule has 0 saturated carbocycles. The van der Waals surface area contributed by atoms with Crippen LogP contribution in [0.4, 0.5) is 26.9 Å². The van der Waals surface area contributed by atoms with E-state index in [-0.39, 0.29) is 11.9 Å². The number of hydrogen-bond acceptors (Lipinski definition) is 6. The lowest BCUT2D eigenvalue weighted by Crippen LogP contribution is -2.34. The largest absolute Gasteiger partial charge is 0.444 e. The highest BCUT2D eigenvalue weighted by molar-refractivity contribution is 5.98. The molecule has 11 heteroatoms. The van der Waals surface area contributed by atoms with E-state index in [1.807, 2.05) is 60.6 Å².